The molecule has 0 atom stereocenters. The number of hydrogen-bond donors (Lipinski definition) is 1. The number of carbonyl (C=O) groups is 1. The number of aryl methyl sites for hydroxylation is 1. The van der Waals surface area contributed by atoms with Crippen molar-refractivity contribution in [2.24, 2.45) is 0 Å². The lowest BCUT2D eigenvalue weighted by Crippen LogP contribution is -2.05. The fourth-order valence-corrected chi connectivity index (χ4v) is 1.94. The third kappa shape index (κ3) is 3.52. The molecule has 0 aliphatic heterocycles. The number of nitrogen functional groups attached to an aromatic ring is 1. The minimum absolute atomic E-state index is 0.241. The molecule has 4 heteroatoms. The Morgan fingerprint density at radius 2 is 1.80 bits per heavy atom. The summed E-state index contributed by atoms with van der Waals surface area (Å²) in [7, 11) is 0. The highest BCUT2D eigenvalue weighted by molar-refractivity contribution is 6.33. The number of rotatable bonds is 4. The van der Waals surface area contributed by atoms with Crippen molar-refractivity contribution in [2.45, 2.75) is 20.0 Å². The molecule has 2 aromatic carbocycles. The second-order valence-electron chi connectivity index (χ2n) is 4.48. The number of nitrogens with two attached hydrogens (primary N) is 1. The molecule has 0 heterocycles. The fourth-order valence-electron chi connectivity index (χ4n) is 1.76. The molecule has 0 fully saturated rings. The van der Waals surface area contributed by atoms with Crippen LogP contribution >= 0.6 is 11.6 Å². The highest BCUT2D eigenvalue weighted by Gasteiger charge is 2.09. The first kappa shape index (κ1) is 14.4. The zero-order valence-electron chi connectivity index (χ0n) is 11.2. The third-order valence-corrected chi connectivity index (χ3v) is 3.36. The predicted molar refractivity (Wildman–Crippen MR) is 80.8 cm³/mol. The van der Waals surface area contributed by atoms with E-state index in [1.54, 1.807) is 12.1 Å². The summed E-state index contributed by atoms with van der Waals surface area (Å²) < 4.78 is 5.24. The van der Waals surface area contributed by atoms with Gasteiger partial charge in [0.1, 0.15) is 6.61 Å². The Hall–Kier alpha value is -2.00. The van der Waals surface area contributed by atoms with Crippen molar-refractivity contribution in [3.63, 3.8) is 0 Å². The topological polar surface area (TPSA) is 52.3 Å². The maximum Gasteiger partial charge on any atom is 0.338 e. The molecule has 0 saturated heterocycles. The van der Waals surface area contributed by atoms with E-state index in [9.17, 15) is 4.79 Å². The molecule has 0 radical (unpaired) electrons. The molecular formula is C16H16ClNO2. The van der Waals surface area contributed by atoms with Crippen LogP contribution in [0.4, 0.5) is 5.69 Å². The Balaban J connectivity index is 1.98. The van der Waals surface area contributed by atoms with Gasteiger partial charge in [0.15, 0.2) is 0 Å². The van der Waals surface area contributed by atoms with Gasteiger partial charge in [0.2, 0.25) is 0 Å². The van der Waals surface area contributed by atoms with Gasteiger partial charge >= 0.3 is 5.97 Å². The summed E-state index contributed by atoms with van der Waals surface area (Å²) >= 11 is 5.88. The number of carbonyl (C=O) groups excluding carboxylic acids is 1. The lowest BCUT2D eigenvalue weighted by atomic mass is 10.1. The van der Waals surface area contributed by atoms with Crippen molar-refractivity contribution in [3.8, 4) is 0 Å². The van der Waals surface area contributed by atoms with Crippen molar-refractivity contribution >= 4 is 23.3 Å². The highest BCUT2D eigenvalue weighted by atomic mass is 35.5. The summed E-state index contributed by atoms with van der Waals surface area (Å²) in [6.45, 7) is 2.34. The van der Waals surface area contributed by atoms with Crippen molar-refractivity contribution in [2.75, 3.05) is 5.73 Å². The van der Waals surface area contributed by atoms with E-state index < -0.39 is 5.97 Å². The lowest BCUT2D eigenvalue weighted by molar-refractivity contribution is 0.0473. The van der Waals surface area contributed by atoms with Gasteiger partial charge < -0.3 is 10.5 Å². The summed E-state index contributed by atoms with van der Waals surface area (Å²) in [4.78, 5) is 11.9. The highest BCUT2D eigenvalue weighted by Crippen LogP contribution is 2.20. The molecule has 3 nitrogen and oxygen atoms in total. The Morgan fingerprint density at radius 1 is 1.15 bits per heavy atom. The van der Waals surface area contributed by atoms with Crippen LogP contribution in [0.1, 0.15) is 28.4 Å². The number of halogens is 1. The summed E-state index contributed by atoms with van der Waals surface area (Å²) in [5, 5.41) is 0.353. The summed E-state index contributed by atoms with van der Waals surface area (Å²) in [6.07, 6.45) is 0.990. The molecule has 2 N–H and O–H groups in total. The molecule has 2 aromatic rings. The van der Waals surface area contributed by atoms with Gasteiger partial charge in [0.25, 0.3) is 0 Å². The van der Waals surface area contributed by atoms with Crippen LogP contribution in [0.2, 0.25) is 5.02 Å². The second kappa shape index (κ2) is 6.44. The van der Waals surface area contributed by atoms with Crippen LogP contribution in [0.3, 0.4) is 0 Å². The standard InChI is InChI=1S/C16H16ClNO2/c1-2-11-3-5-12(6-4-11)10-20-16(19)13-7-8-15(18)14(17)9-13/h3-9H,2,10,18H2,1H3. The maximum atomic E-state index is 11.9. The first-order chi connectivity index (χ1) is 9.60. The minimum Gasteiger partial charge on any atom is -0.457 e. The van der Waals surface area contributed by atoms with Gasteiger partial charge in [0, 0.05) is 0 Å². The Bertz CT molecular complexity index is 608. The van der Waals surface area contributed by atoms with Crippen molar-refractivity contribution in [1.82, 2.24) is 0 Å². The Kier molecular flexibility index (Phi) is 4.64. The van der Waals surface area contributed by atoms with Gasteiger partial charge in [-0.1, -0.05) is 42.8 Å². The van der Waals surface area contributed by atoms with Crippen molar-refractivity contribution in [3.05, 3.63) is 64.2 Å². The van der Waals surface area contributed by atoms with E-state index in [4.69, 9.17) is 22.1 Å². The van der Waals surface area contributed by atoms with Crippen LogP contribution in [0.5, 0.6) is 0 Å². The quantitative estimate of drug-likeness (QED) is 0.687. The molecule has 0 bridgehead atoms. The molecule has 0 amide bonds. The van der Waals surface area contributed by atoms with Gasteiger partial charge in [-0.2, -0.15) is 0 Å². The molecular weight excluding hydrogens is 274 g/mol. The molecule has 0 saturated carbocycles. The largest absolute Gasteiger partial charge is 0.457 e. The molecule has 2 rings (SSSR count). The number of benzene rings is 2. The number of ether oxygens (including phenoxy) is 1. The van der Waals surface area contributed by atoms with Crippen LogP contribution in [-0.4, -0.2) is 5.97 Å². The minimum atomic E-state index is -0.411. The zero-order chi connectivity index (χ0) is 14.5. The first-order valence-corrected chi connectivity index (χ1v) is 6.78. The van der Waals surface area contributed by atoms with E-state index in [0.717, 1.165) is 12.0 Å². The molecule has 104 valence electrons. The van der Waals surface area contributed by atoms with Crippen LogP contribution in [0.15, 0.2) is 42.5 Å². The number of anilines is 1. The SMILES string of the molecule is CCc1ccc(COC(=O)c2ccc(N)c(Cl)c2)cc1. The molecule has 0 aliphatic rings. The fraction of sp³-hybridized carbons (Fsp3) is 0.188. The summed E-state index contributed by atoms with van der Waals surface area (Å²) in [6, 6.07) is 12.7. The monoisotopic (exact) mass is 289 g/mol. The van der Waals surface area contributed by atoms with Gasteiger partial charge in [0.05, 0.1) is 16.3 Å². The molecule has 0 spiro atoms. The van der Waals surface area contributed by atoms with E-state index in [1.807, 2.05) is 24.3 Å². The molecule has 0 unspecified atom stereocenters. The number of esters is 1. The van der Waals surface area contributed by atoms with Gasteiger partial charge in [-0.05, 0) is 35.7 Å². The third-order valence-electron chi connectivity index (χ3n) is 3.04. The van der Waals surface area contributed by atoms with Crippen LogP contribution in [0.25, 0.3) is 0 Å². The van der Waals surface area contributed by atoms with Gasteiger partial charge in [-0.3, -0.25) is 0 Å². The average Bonchev–Trinajstić information content (AvgIpc) is 2.48. The lowest BCUT2D eigenvalue weighted by Gasteiger charge is -2.07. The van der Waals surface area contributed by atoms with Crippen LogP contribution < -0.4 is 5.73 Å². The predicted octanol–water partition coefficient (Wildman–Crippen LogP) is 3.84. The van der Waals surface area contributed by atoms with E-state index in [0.29, 0.717) is 16.3 Å². The van der Waals surface area contributed by atoms with Crippen molar-refractivity contribution < 1.29 is 9.53 Å². The first-order valence-electron chi connectivity index (χ1n) is 6.40. The average molecular weight is 290 g/mol. The second-order valence-corrected chi connectivity index (χ2v) is 4.89. The Morgan fingerprint density at radius 3 is 2.40 bits per heavy atom. The smallest absolute Gasteiger partial charge is 0.338 e. The van der Waals surface area contributed by atoms with E-state index in [1.165, 1.54) is 11.6 Å². The van der Waals surface area contributed by atoms with E-state index in [-0.39, 0.29) is 6.61 Å². The molecule has 0 aromatic heterocycles. The van der Waals surface area contributed by atoms with Crippen LogP contribution in [0, 0.1) is 0 Å². The van der Waals surface area contributed by atoms with Crippen LogP contribution in [-0.2, 0) is 17.8 Å². The summed E-state index contributed by atoms with van der Waals surface area (Å²) in [5.74, 6) is -0.411. The van der Waals surface area contributed by atoms with Crippen molar-refractivity contribution in [1.29, 1.82) is 0 Å². The zero-order valence-corrected chi connectivity index (χ0v) is 12.0. The molecule has 0 aliphatic carbocycles. The maximum absolute atomic E-state index is 11.9. The normalized spacial score (nSPS) is 10.3. The van der Waals surface area contributed by atoms with Gasteiger partial charge in [-0.25, -0.2) is 4.79 Å². The van der Waals surface area contributed by atoms with E-state index in [2.05, 4.69) is 6.92 Å². The van der Waals surface area contributed by atoms with E-state index >= 15 is 0 Å². The summed E-state index contributed by atoms with van der Waals surface area (Å²) in [5.41, 5.74) is 8.65. The van der Waals surface area contributed by atoms with Gasteiger partial charge in [-0.15, -0.1) is 0 Å². The Labute approximate surface area is 123 Å². The molecule has 20 heavy (non-hydrogen) atoms. The number of hydrogen-bond acceptors (Lipinski definition) is 3.